The number of hydrogen-bond donors (Lipinski definition) is 0. The molecule has 1 fully saturated rings. The minimum Gasteiger partial charge on any atom is -0.301 e. The van der Waals surface area contributed by atoms with Gasteiger partial charge >= 0.3 is 0 Å². The lowest BCUT2D eigenvalue weighted by Crippen LogP contribution is -2.28. The highest BCUT2D eigenvalue weighted by atomic mass is 16.1. The highest BCUT2D eigenvalue weighted by Gasteiger charge is 2.24. The van der Waals surface area contributed by atoms with Gasteiger partial charge in [0.15, 0.2) is 0 Å². The topological polar surface area (TPSA) is 20.3 Å². The molecule has 70 valence electrons. The van der Waals surface area contributed by atoms with E-state index in [2.05, 4.69) is 18.7 Å². The Bertz CT molecular complexity index is 165. The van der Waals surface area contributed by atoms with Gasteiger partial charge in [0, 0.05) is 19.0 Å². The molecular weight excluding hydrogens is 150 g/mol. The van der Waals surface area contributed by atoms with Gasteiger partial charge in [-0.05, 0) is 39.7 Å². The zero-order chi connectivity index (χ0) is 9.14. The summed E-state index contributed by atoms with van der Waals surface area (Å²) in [6.07, 6.45) is 1.99. The maximum absolute atomic E-state index is 10.9. The number of likely N-dealkylation sites (tertiary alicyclic amines) is 1. The number of carbonyl (C=O) groups is 1. The van der Waals surface area contributed by atoms with Gasteiger partial charge in [-0.15, -0.1) is 0 Å². The zero-order valence-corrected chi connectivity index (χ0v) is 8.34. The average molecular weight is 169 g/mol. The third kappa shape index (κ3) is 2.59. The monoisotopic (exact) mass is 169 g/mol. The largest absolute Gasteiger partial charge is 0.301 e. The summed E-state index contributed by atoms with van der Waals surface area (Å²) in [7, 11) is 0. The lowest BCUT2D eigenvalue weighted by atomic mass is 10.0. The van der Waals surface area contributed by atoms with Crippen molar-refractivity contribution in [3.05, 3.63) is 0 Å². The second-order valence-corrected chi connectivity index (χ2v) is 4.15. The molecule has 0 aromatic heterocycles. The van der Waals surface area contributed by atoms with Crippen LogP contribution in [0.2, 0.25) is 0 Å². The van der Waals surface area contributed by atoms with Crippen LogP contribution in [0.4, 0.5) is 0 Å². The highest BCUT2D eigenvalue weighted by Crippen LogP contribution is 2.21. The predicted molar refractivity (Wildman–Crippen MR) is 50.1 cm³/mol. The fraction of sp³-hybridized carbons (Fsp3) is 0.900. The molecule has 0 N–H and O–H groups in total. The molecule has 1 saturated heterocycles. The molecule has 0 aliphatic carbocycles. The Morgan fingerprint density at radius 2 is 2.25 bits per heavy atom. The Labute approximate surface area is 74.9 Å². The summed E-state index contributed by atoms with van der Waals surface area (Å²) in [5.74, 6) is 0.968. The molecule has 0 spiro atoms. The second kappa shape index (κ2) is 4.04. The average Bonchev–Trinajstić information content (AvgIpc) is 2.34. The Morgan fingerprint density at radius 1 is 1.58 bits per heavy atom. The van der Waals surface area contributed by atoms with Crippen molar-refractivity contribution in [2.24, 2.45) is 5.92 Å². The van der Waals surface area contributed by atoms with E-state index in [1.165, 1.54) is 13.0 Å². The summed E-state index contributed by atoms with van der Waals surface area (Å²) in [6, 6.07) is 0.641. The molecule has 1 rings (SSSR count). The molecule has 0 aromatic carbocycles. The third-order valence-corrected chi connectivity index (χ3v) is 2.62. The molecule has 1 heterocycles. The molecular formula is C10H19NO. The molecule has 0 bridgehead atoms. The van der Waals surface area contributed by atoms with Crippen LogP contribution < -0.4 is 0 Å². The number of nitrogens with zero attached hydrogens (tertiary/aromatic N) is 1. The minimum atomic E-state index is 0.339. The van der Waals surface area contributed by atoms with Crippen molar-refractivity contribution < 1.29 is 4.79 Å². The van der Waals surface area contributed by atoms with E-state index in [4.69, 9.17) is 0 Å². The van der Waals surface area contributed by atoms with Crippen molar-refractivity contribution in [3.8, 4) is 0 Å². The number of hydrogen-bond acceptors (Lipinski definition) is 2. The fourth-order valence-corrected chi connectivity index (χ4v) is 1.90. The first kappa shape index (κ1) is 9.72. The van der Waals surface area contributed by atoms with E-state index < -0.39 is 0 Å². The van der Waals surface area contributed by atoms with Crippen molar-refractivity contribution >= 4 is 5.78 Å². The summed E-state index contributed by atoms with van der Waals surface area (Å²) in [6.45, 7) is 8.43. The van der Waals surface area contributed by atoms with Gasteiger partial charge in [-0.3, -0.25) is 0 Å². The van der Waals surface area contributed by atoms with Crippen molar-refractivity contribution in [2.75, 3.05) is 13.1 Å². The number of ketones is 1. The molecule has 2 nitrogen and oxygen atoms in total. The second-order valence-electron chi connectivity index (χ2n) is 4.15. The molecule has 1 atom stereocenters. The molecule has 0 radical (unpaired) electrons. The van der Waals surface area contributed by atoms with Crippen molar-refractivity contribution in [3.63, 3.8) is 0 Å². The van der Waals surface area contributed by atoms with Gasteiger partial charge in [0.1, 0.15) is 5.78 Å². The first-order chi connectivity index (χ1) is 5.59. The third-order valence-electron chi connectivity index (χ3n) is 2.62. The Hall–Kier alpha value is -0.370. The van der Waals surface area contributed by atoms with E-state index in [-0.39, 0.29) is 0 Å². The summed E-state index contributed by atoms with van der Waals surface area (Å²) < 4.78 is 0. The molecule has 1 aliphatic rings. The SMILES string of the molecule is CC(=O)C[C@H]1CCN(C(C)C)C1. The summed E-state index contributed by atoms with van der Waals surface area (Å²) >= 11 is 0. The van der Waals surface area contributed by atoms with Crippen LogP contribution in [0.3, 0.4) is 0 Å². The number of carbonyl (C=O) groups excluding carboxylic acids is 1. The normalized spacial score (nSPS) is 25.2. The van der Waals surface area contributed by atoms with E-state index in [1.54, 1.807) is 6.92 Å². The Morgan fingerprint density at radius 3 is 2.67 bits per heavy atom. The summed E-state index contributed by atoms with van der Waals surface area (Å²) in [5, 5.41) is 0. The van der Waals surface area contributed by atoms with Gasteiger partial charge in [-0.2, -0.15) is 0 Å². The van der Waals surface area contributed by atoms with Crippen LogP contribution in [-0.4, -0.2) is 29.8 Å². The zero-order valence-electron chi connectivity index (χ0n) is 8.34. The van der Waals surface area contributed by atoms with Gasteiger partial charge in [0.2, 0.25) is 0 Å². The van der Waals surface area contributed by atoms with E-state index in [9.17, 15) is 4.79 Å². The Balaban J connectivity index is 2.30. The quantitative estimate of drug-likeness (QED) is 0.641. The van der Waals surface area contributed by atoms with Crippen molar-refractivity contribution in [2.45, 2.75) is 39.7 Å². The van der Waals surface area contributed by atoms with E-state index >= 15 is 0 Å². The lowest BCUT2D eigenvalue weighted by Gasteiger charge is -2.19. The van der Waals surface area contributed by atoms with Crippen LogP contribution in [0, 0.1) is 5.92 Å². The highest BCUT2D eigenvalue weighted by molar-refractivity contribution is 5.75. The number of Topliss-reactive ketones (excluding diaryl/α,β-unsaturated/α-hetero) is 1. The van der Waals surface area contributed by atoms with Crippen LogP contribution in [0.25, 0.3) is 0 Å². The smallest absolute Gasteiger partial charge is 0.130 e. The molecule has 2 heteroatoms. The van der Waals surface area contributed by atoms with E-state index in [0.29, 0.717) is 17.7 Å². The minimum absolute atomic E-state index is 0.339. The van der Waals surface area contributed by atoms with Gasteiger partial charge in [-0.1, -0.05) is 0 Å². The number of rotatable bonds is 3. The molecule has 0 aromatic rings. The van der Waals surface area contributed by atoms with Crippen LogP contribution >= 0.6 is 0 Å². The van der Waals surface area contributed by atoms with Gasteiger partial charge in [0.25, 0.3) is 0 Å². The van der Waals surface area contributed by atoms with Crippen LogP contribution in [-0.2, 0) is 4.79 Å². The maximum atomic E-state index is 10.9. The predicted octanol–water partition coefficient (Wildman–Crippen LogP) is 1.70. The first-order valence-electron chi connectivity index (χ1n) is 4.83. The summed E-state index contributed by atoms with van der Waals surface area (Å²) in [4.78, 5) is 13.3. The van der Waals surface area contributed by atoms with Gasteiger partial charge < -0.3 is 9.69 Å². The molecule has 0 amide bonds. The maximum Gasteiger partial charge on any atom is 0.130 e. The standard InChI is InChI=1S/C10H19NO/c1-8(2)11-5-4-10(7-11)6-9(3)12/h8,10H,4-7H2,1-3H3/t10-/m1/s1. The van der Waals surface area contributed by atoms with Crippen LogP contribution in [0.15, 0.2) is 0 Å². The van der Waals surface area contributed by atoms with Crippen molar-refractivity contribution in [1.29, 1.82) is 0 Å². The molecule has 12 heavy (non-hydrogen) atoms. The fourth-order valence-electron chi connectivity index (χ4n) is 1.90. The first-order valence-corrected chi connectivity index (χ1v) is 4.83. The van der Waals surface area contributed by atoms with E-state index in [0.717, 1.165) is 13.0 Å². The van der Waals surface area contributed by atoms with Gasteiger partial charge in [-0.25, -0.2) is 0 Å². The van der Waals surface area contributed by atoms with E-state index in [1.807, 2.05) is 0 Å². The summed E-state index contributed by atoms with van der Waals surface area (Å²) in [5.41, 5.74) is 0. The van der Waals surface area contributed by atoms with Crippen LogP contribution in [0.5, 0.6) is 0 Å². The lowest BCUT2D eigenvalue weighted by molar-refractivity contribution is -0.117. The Kier molecular flexibility index (Phi) is 3.27. The van der Waals surface area contributed by atoms with Crippen LogP contribution in [0.1, 0.15) is 33.6 Å². The van der Waals surface area contributed by atoms with Crippen molar-refractivity contribution in [1.82, 2.24) is 4.90 Å². The molecule has 0 unspecified atom stereocenters. The molecule has 1 aliphatic heterocycles. The molecule has 0 saturated carbocycles. The van der Waals surface area contributed by atoms with Gasteiger partial charge in [0.05, 0.1) is 0 Å².